The van der Waals surface area contributed by atoms with Gasteiger partial charge in [-0.3, -0.25) is 10.1 Å². The van der Waals surface area contributed by atoms with Crippen LogP contribution in [0.5, 0.6) is 0 Å². The summed E-state index contributed by atoms with van der Waals surface area (Å²) < 4.78 is 0. The number of nitrogens with zero attached hydrogens (tertiary/aromatic N) is 3. The minimum absolute atomic E-state index is 0.0326. The van der Waals surface area contributed by atoms with Crippen LogP contribution in [-0.2, 0) is 0 Å². The van der Waals surface area contributed by atoms with Gasteiger partial charge < -0.3 is 10.0 Å². The number of nitro groups is 1. The van der Waals surface area contributed by atoms with E-state index in [1.807, 2.05) is 6.92 Å². The largest absolute Gasteiger partial charge is 0.396 e. The van der Waals surface area contributed by atoms with Gasteiger partial charge in [0.05, 0.1) is 4.92 Å². The first-order valence-electron chi connectivity index (χ1n) is 6.58. The summed E-state index contributed by atoms with van der Waals surface area (Å²) in [6.07, 6.45) is 4.33. The third-order valence-electron chi connectivity index (χ3n) is 3.60. The number of aliphatic hydroxyl groups is 1. The zero-order chi connectivity index (χ0) is 13.8. The lowest BCUT2D eigenvalue weighted by atomic mass is 9.95. The molecule has 6 heteroatoms. The molecule has 0 aliphatic carbocycles. The summed E-state index contributed by atoms with van der Waals surface area (Å²) in [4.78, 5) is 16.7. The average molecular weight is 265 g/mol. The maximum atomic E-state index is 10.7. The van der Waals surface area contributed by atoms with Gasteiger partial charge in [0.2, 0.25) is 0 Å². The van der Waals surface area contributed by atoms with Crippen LogP contribution in [0.4, 0.5) is 11.5 Å². The third kappa shape index (κ3) is 3.20. The molecule has 1 atom stereocenters. The summed E-state index contributed by atoms with van der Waals surface area (Å²) in [5.74, 6) is 1.31. The summed E-state index contributed by atoms with van der Waals surface area (Å²) in [6.45, 7) is 3.86. The van der Waals surface area contributed by atoms with Crippen molar-refractivity contribution in [2.24, 2.45) is 5.92 Å². The first-order valence-corrected chi connectivity index (χ1v) is 6.58. The Bertz CT molecular complexity index is 462. The second kappa shape index (κ2) is 5.97. The summed E-state index contributed by atoms with van der Waals surface area (Å²) in [7, 11) is 0. The zero-order valence-corrected chi connectivity index (χ0v) is 11.1. The van der Waals surface area contributed by atoms with Crippen LogP contribution in [-0.4, -0.2) is 34.7 Å². The Balaban J connectivity index is 2.15. The Morgan fingerprint density at radius 2 is 2.42 bits per heavy atom. The van der Waals surface area contributed by atoms with Crippen molar-refractivity contribution in [3.05, 3.63) is 27.9 Å². The van der Waals surface area contributed by atoms with Gasteiger partial charge in [0.1, 0.15) is 12.0 Å². The average Bonchev–Trinajstić information content (AvgIpc) is 2.39. The van der Waals surface area contributed by atoms with E-state index >= 15 is 0 Å². The quantitative estimate of drug-likeness (QED) is 0.664. The number of hydrogen-bond donors (Lipinski definition) is 1. The molecular weight excluding hydrogens is 246 g/mol. The predicted octanol–water partition coefficient (Wildman–Crippen LogP) is 1.90. The summed E-state index contributed by atoms with van der Waals surface area (Å²) in [5.41, 5.74) is 0.865. The molecule has 1 fully saturated rings. The van der Waals surface area contributed by atoms with Crippen molar-refractivity contribution >= 4 is 11.5 Å². The summed E-state index contributed by atoms with van der Waals surface area (Å²) in [5, 5.41) is 19.7. The van der Waals surface area contributed by atoms with Gasteiger partial charge in [0, 0.05) is 25.8 Å². The smallest absolute Gasteiger partial charge is 0.287 e. The summed E-state index contributed by atoms with van der Waals surface area (Å²) >= 11 is 0. The molecule has 1 aromatic heterocycles. The minimum Gasteiger partial charge on any atom is -0.396 e. The molecule has 1 aromatic rings. The Labute approximate surface area is 112 Å². The maximum absolute atomic E-state index is 10.7. The van der Waals surface area contributed by atoms with E-state index in [1.54, 1.807) is 6.07 Å². The second-order valence-electron chi connectivity index (χ2n) is 5.06. The van der Waals surface area contributed by atoms with Crippen LogP contribution in [0.25, 0.3) is 0 Å². The first-order chi connectivity index (χ1) is 9.11. The van der Waals surface area contributed by atoms with Crippen molar-refractivity contribution in [1.29, 1.82) is 0 Å². The SMILES string of the molecule is Cc1cc([N+](=O)[O-])cnc1N1CCCC(CCO)C1. The molecule has 6 nitrogen and oxygen atoms in total. The van der Waals surface area contributed by atoms with Gasteiger partial charge in [0.15, 0.2) is 0 Å². The molecule has 0 amide bonds. The van der Waals surface area contributed by atoms with E-state index in [0.717, 1.165) is 43.7 Å². The van der Waals surface area contributed by atoms with Crippen LogP contribution in [0.2, 0.25) is 0 Å². The third-order valence-corrected chi connectivity index (χ3v) is 3.60. The molecule has 0 aromatic carbocycles. The van der Waals surface area contributed by atoms with Gasteiger partial charge in [0.25, 0.3) is 5.69 Å². The number of aromatic nitrogens is 1. The van der Waals surface area contributed by atoms with Crippen molar-refractivity contribution in [2.75, 3.05) is 24.6 Å². The van der Waals surface area contributed by atoms with Gasteiger partial charge in [-0.05, 0) is 37.7 Å². The Morgan fingerprint density at radius 3 is 3.05 bits per heavy atom. The van der Waals surface area contributed by atoms with Crippen LogP contribution < -0.4 is 4.90 Å². The fourth-order valence-corrected chi connectivity index (χ4v) is 2.66. The number of rotatable bonds is 4. The molecule has 104 valence electrons. The molecule has 1 saturated heterocycles. The van der Waals surface area contributed by atoms with Crippen molar-refractivity contribution in [3.8, 4) is 0 Å². The minimum atomic E-state index is -0.422. The van der Waals surface area contributed by atoms with E-state index in [2.05, 4.69) is 9.88 Å². The van der Waals surface area contributed by atoms with E-state index in [-0.39, 0.29) is 12.3 Å². The normalized spacial score (nSPS) is 19.5. The molecule has 2 rings (SSSR count). The van der Waals surface area contributed by atoms with Gasteiger partial charge in [-0.25, -0.2) is 4.98 Å². The van der Waals surface area contributed by atoms with Gasteiger partial charge in [-0.15, -0.1) is 0 Å². The Hall–Kier alpha value is -1.69. The van der Waals surface area contributed by atoms with Crippen molar-refractivity contribution in [1.82, 2.24) is 4.98 Å². The van der Waals surface area contributed by atoms with E-state index in [9.17, 15) is 10.1 Å². The lowest BCUT2D eigenvalue weighted by molar-refractivity contribution is -0.385. The van der Waals surface area contributed by atoms with Crippen LogP contribution in [0.1, 0.15) is 24.8 Å². The highest BCUT2D eigenvalue weighted by molar-refractivity contribution is 5.50. The standard InChI is InChI=1S/C13H19N3O3/c1-10-7-12(16(18)19)8-14-13(10)15-5-2-3-11(9-15)4-6-17/h7-8,11,17H,2-6,9H2,1H3. The highest BCUT2D eigenvalue weighted by Crippen LogP contribution is 2.27. The molecule has 0 radical (unpaired) electrons. The van der Waals surface area contributed by atoms with Gasteiger partial charge in [-0.1, -0.05) is 0 Å². The van der Waals surface area contributed by atoms with Crippen molar-refractivity contribution < 1.29 is 10.0 Å². The van der Waals surface area contributed by atoms with Gasteiger partial charge in [-0.2, -0.15) is 0 Å². The topological polar surface area (TPSA) is 79.5 Å². The van der Waals surface area contributed by atoms with Gasteiger partial charge >= 0.3 is 0 Å². The fourth-order valence-electron chi connectivity index (χ4n) is 2.66. The van der Waals surface area contributed by atoms with E-state index in [1.165, 1.54) is 6.20 Å². The highest BCUT2D eigenvalue weighted by atomic mass is 16.6. The highest BCUT2D eigenvalue weighted by Gasteiger charge is 2.22. The molecule has 0 spiro atoms. The number of aryl methyl sites for hydroxylation is 1. The number of anilines is 1. The molecule has 1 N–H and O–H groups in total. The van der Waals surface area contributed by atoms with E-state index in [4.69, 9.17) is 5.11 Å². The number of piperidine rings is 1. The fraction of sp³-hybridized carbons (Fsp3) is 0.615. The molecular formula is C13H19N3O3. The Morgan fingerprint density at radius 1 is 1.63 bits per heavy atom. The lowest BCUT2D eigenvalue weighted by Gasteiger charge is -2.34. The number of pyridine rings is 1. The maximum Gasteiger partial charge on any atom is 0.287 e. The zero-order valence-electron chi connectivity index (χ0n) is 11.1. The predicted molar refractivity (Wildman–Crippen MR) is 72.3 cm³/mol. The van der Waals surface area contributed by atoms with Crippen LogP contribution in [0.15, 0.2) is 12.3 Å². The molecule has 0 bridgehead atoms. The molecule has 19 heavy (non-hydrogen) atoms. The van der Waals surface area contributed by atoms with E-state index in [0.29, 0.717) is 5.92 Å². The van der Waals surface area contributed by atoms with Crippen LogP contribution in [0.3, 0.4) is 0 Å². The lowest BCUT2D eigenvalue weighted by Crippen LogP contribution is -2.36. The first kappa shape index (κ1) is 13.7. The molecule has 2 heterocycles. The number of aliphatic hydroxyl groups excluding tert-OH is 1. The second-order valence-corrected chi connectivity index (χ2v) is 5.06. The molecule has 1 unspecified atom stereocenters. The molecule has 0 saturated carbocycles. The Kier molecular flexibility index (Phi) is 4.31. The number of hydrogen-bond acceptors (Lipinski definition) is 5. The monoisotopic (exact) mass is 265 g/mol. The van der Waals surface area contributed by atoms with Crippen LogP contribution in [0, 0.1) is 23.0 Å². The molecule has 1 aliphatic heterocycles. The van der Waals surface area contributed by atoms with Crippen molar-refractivity contribution in [2.45, 2.75) is 26.2 Å². The van der Waals surface area contributed by atoms with Crippen molar-refractivity contribution in [3.63, 3.8) is 0 Å². The van der Waals surface area contributed by atoms with Crippen LogP contribution >= 0.6 is 0 Å². The van der Waals surface area contributed by atoms with E-state index < -0.39 is 4.92 Å². The summed E-state index contributed by atoms with van der Waals surface area (Å²) in [6, 6.07) is 1.57. The molecule has 1 aliphatic rings.